The minimum absolute atomic E-state index is 0.106. The summed E-state index contributed by atoms with van der Waals surface area (Å²) in [5.41, 5.74) is 2.80. The van der Waals surface area contributed by atoms with E-state index in [0.29, 0.717) is 13.0 Å². The zero-order chi connectivity index (χ0) is 24.8. The molecular weight excluding hydrogens is 444 g/mol. The molecule has 1 atom stereocenters. The fourth-order valence-electron chi connectivity index (χ4n) is 4.23. The maximum Gasteiger partial charge on any atom is 0.329 e. The third-order valence-corrected chi connectivity index (χ3v) is 6.06. The van der Waals surface area contributed by atoms with Crippen LogP contribution in [0, 0.1) is 0 Å². The van der Waals surface area contributed by atoms with Crippen LogP contribution in [0.5, 0.6) is 0 Å². The quantitative estimate of drug-likeness (QED) is 0.381. The van der Waals surface area contributed by atoms with Crippen molar-refractivity contribution < 1.29 is 23.9 Å². The van der Waals surface area contributed by atoms with Crippen molar-refractivity contribution in [1.29, 1.82) is 0 Å². The largest absolute Gasteiger partial charge is 0.454 e. The number of nitrogens with one attached hydrogen (secondary N) is 1. The third-order valence-electron chi connectivity index (χ3n) is 6.06. The van der Waals surface area contributed by atoms with Gasteiger partial charge in [-0.05, 0) is 36.6 Å². The topological polar surface area (TPSA) is 92.8 Å². The van der Waals surface area contributed by atoms with Crippen molar-refractivity contribution in [3.05, 3.63) is 107 Å². The van der Waals surface area contributed by atoms with Gasteiger partial charge in [-0.3, -0.25) is 19.3 Å². The number of amides is 3. The first kappa shape index (κ1) is 23.9. The molecule has 0 aromatic heterocycles. The molecule has 0 spiro atoms. The van der Waals surface area contributed by atoms with Crippen LogP contribution < -0.4 is 5.32 Å². The molecule has 0 saturated heterocycles. The van der Waals surface area contributed by atoms with Crippen molar-refractivity contribution in [1.82, 2.24) is 10.2 Å². The Bertz CT molecular complexity index is 1150. The molecule has 35 heavy (non-hydrogen) atoms. The van der Waals surface area contributed by atoms with Gasteiger partial charge in [-0.1, -0.05) is 72.8 Å². The average Bonchev–Trinajstić information content (AvgIpc) is 3.15. The van der Waals surface area contributed by atoms with Crippen molar-refractivity contribution in [2.24, 2.45) is 0 Å². The van der Waals surface area contributed by atoms with E-state index in [9.17, 15) is 19.2 Å². The van der Waals surface area contributed by atoms with E-state index in [0.717, 1.165) is 16.0 Å². The number of hydrogen-bond acceptors (Lipinski definition) is 5. The van der Waals surface area contributed by atoms with E-state index >= 15 is 0 Å². The summed E-state index contributed by atoms with van der Waals surface area (Å²) in [6.45, 7) is 1.30. The molecule has 1 aliphatic rings. The van der Waals surface area contributed by atoms with Gasteiger partial charge in [0.2, 0.25) is 0 Å². The highest BCUT2D eigenvalue weighted by Gasteiger charge is 2.41. The zero-order valence-electron chi connectivity index (χ0n) is 19.3. The van der Waals surface area contributed by atoms with Crippen molar-refractivity contribution in [3.63, 3.8) is 0 Å². The van der Waals surface area contributed by atoms with Gasteiger partial charge in [0.1, 0.15) is 6.04 Å². The molecule has 0 fully saturated rings. The maximum absolute atomic E-state index is 12.5. The van der Waals surface area contributed by atoms with Gasteiger partial charge in [-0.25, -0.2) is 4.79 Å². The second-order valence-electron chi connectivity index (χ2n) is 8.32. The molecule has 3 amide bonds. The van der Waals surface area contributed by atoms with Crippen LogP contribution in [0.2, 0.25) is 0 Å². The second-order valence-corrected chi connectivity index (χ2v) is 8.32. The highest BCUT2D eigenvalue weighted by molar-refractivity contribution is 6.22. The van der Waals surface area contributed by atoms with Crippen molar-refractivity contribution >= 4 is 23.7 Å². The molecule has 1 aliphatic heterocycles. The molecule has 3 aromatic carbocycles. The Kier molecular flexibility index (Phi) is 7.35. The lowest BCUT2D eigenvalue weighted by Crippen LogP contribution is -2.44. The second kappa shape index (κ2) is 10.8. The lowest BCUT2D eigenvalue weighted by molar-refractivity contribution is -0.151. The lowest BCUT2D eigenvalue weighted by atomic mass is 9.88. The standard InChI is InChI=1S/C28H26N2O5/c1-19(30-26(32)23-14-8-9-15-24(23)27(30)33)28(34)35-18-25(31)29-17-16-22(20-10-4-2-5-11-20)21-12-6-3-7-13-21/h2-15,19,22H,16-18H2,1H3,(H,29,31). The Morgan fingerprint density at radius 3 is 1.80 bits per heavy atom. The number of fused-ring (bicyclic) bond motifs is 1. The average molecular weight is 471 g/mol. The molecule has 7 heteroatoms. The van der Waals surface area contributed by atoms with Crippen LogP contribution in [-0.2, 0) is 14.3 Å². The van der Waals surface area contributed by atoms with E-state index in [-0.39, 0.29) is 17.0 Å². The Morgan fingerprint density at radius 1 is 0.800 bits per heavy atom. The lowest BCUT2D eigenvalue weighted by Gasteiger charge is -2.21. The Labute approximate surface area is 203 Å². The van der Waals surface area contributed by atoms with Crippen LogP contribution in [0.3, 0.4) is 0 Å². The van der Waals surface area contributed by atoms with E-state index in [1.54, 1.807) is 24.3 Å². The number of esters is 1. The molecule has 1 N–H and O–H groups in total. The number of nitrogens with zero attached hydrogens (tertiary/aromatic N) is 1. The van der Waals surface area contributed by atoms with E-state index < -0.39 is 36.3 Å². The Balaban J connectivity index is 1.29. The summed E-state index contributed by atoms with van der Waals surface area (Å²) in [5, 5.41) is 2.78. The summed E-state index contributed by atoms with van der Waals surface area (Å²) in [7, 11) is 0. The molecule has 1 heterocycles. The molecule has 3 aromatic rings. The van der Waals surface area contributed by atoms with E-state index in [1.807, 2.05) is 36.4 Å². The number of carbonyl (C=O) groups excluding carboxylic acids is 4. The number of hydrogen-bond donors (Lipinski definition) is 1. The SMILES string of the molecule is CC(C(=O)OCC(=O)NCCC(c1ccccc1)c1ccccc1)N1C(=O)c2ccccc2C1=O. The summed E-state index contributed by atoms with van der Waals surface area (Å²) < 4.78 is 5.10. The summed E-state index contributed by atoms with van der Waals surface area (Å²) in [4.78, 5) is 50.8. The van der Waals surface area contributed by atoms with Crippen LogP contribution in [-0.4, -0.2) is 47.8 Å². The van der Waals surface area contributed by atoms with Gasteiger partial charge in [0.05, 0.1) is 11.1 Å². The van der Waals surface area contributed by atoms with E-state index in [1.165, 1.54) is 6.92 Å². The number of ether oxygens (including phenoxy) is 1. The summed E-state index contributed by atoms with van der Waals surface area (Å²) in [5.74, 6) is -2.26. The first-order chi connectivity index (χ1) is 17.0. The number of imide groups is 1. The third kappa shape index (κ3) is 5.30. The van der Waals surface area contributed by atoms with Crippen LogP contribution in [0.4, 0.5) is 0 Å². The molecule has 0 aliphatic carbocycles. The predicted molar refractivity (Wildman–Crippen MR) is 130 cm³/mol. The smallest absolute Gasteiger partial charge is 0.329 e. The molecule has 0 radical (unpaired) electrons. The van der Waals surface area contributed by atoms with Gasteiger partial charge in [0.15, 0.2) is 6.61 Å². The molecular formula is C28H26N2O5. The van der Waals surface area contributed by atoms with Gasteiger partial charge in [-0.2, -0.15) is 0 Å². The molecule has 0 saturated carbocycles. The number of rotatable bonds is 9. The molecule has 0 bridgehead atoms. The van der Waals surface area contributed by atoms with Crippen LogP contribution in [0.1, 0.15) is 51.1 Å². The highest BCUT2D eigenvalue weighted by atomic mass is 16.5. The fourth-order valence-corrected chi connectivity index (χ4v) is 4.23. The highest BCUT2D eigenvalue weighted by Crippen LogP contribution is 2.27. The Morgan fingerprint density at radius 2 is 1.29 bits per heavy atom. The molecule has 1 unspecified atom stereocenters. The van der Waals surface area contributed by atoms with Gasteiger partial charge in [0, 0.05) is 12.5 Å². The minimum atomic E-state index is -1.14. The van der Waals surface area contributed by atoms with Gasteiger partial charge < -0.3 is 10.1 Å². The maximum atomic E-state index is 12.5. The van der Waals surface area contributed by atoms with Crippen molar-refractivity contribution in [2.75, 3.05) is 13.2 Å². The van der Waals surface area contributed by atoms with Crippen molar-refractivity contribution in [2.45, 2.75) is 25.3 Å². The summed E-state index contributed by atoms with van der Waals surface area (Å²) in [6.07, 6.45) is 0.666. The first-order valence-corrected chi connectivity index (χ1v) is 11.5. The van der Waals surface area contributed by atoms with Gasteiger partial charge >= 0.3 is 5.97 Å². The summed E-state index contributed by atoms with van der Waals surface area (Å²) in [6, 6.07) is 25.3. The molecule has 178 valence electrons. The monoisotopic (exact) mass is 470 g/mol. The van der Waals surface area contributed by atoms with Crippen molar-refractivity contribution in [3.8, 4) is 0 Å². The molecule has 7 nitrogen and oxygen atoms in total. The summed E-state index contributed by atoms with van der Waals surface area (Å²) >= 11 is 0. The predicted octanol–water partition coefficient (Wildman–Crippen LogP) is 3.55. The number of benzene rings is 3. The van der Waals surface area contributed by atoms with Crippen LogP contribution >= 0.6 is 0 Å². The van der Waals surface area contributed by atoms with Crippen LogP contribution in [0.15, 0.2) is 84.9 Å². The molecule has 4 rings (SSSR count). The van der Waals surface area contributed by atoms with Gasteiger partial charge in [-0.15, -0.1) is 0 Å². The minimum Gasteiger partial charge on any atom is -0.454 e. The van der Waals surface area contributed by atoms with E-state index in [2.05, 4.69) is 29.6 Å². The Hall–Kier alpha value is -4.26. The number of carbonyl (C=O) groups is 4. The van der Waals surface area contributed by atoms with Gasteiger partial charge in [0.25, 0.3) is 17.7 Å². The van der Waals surface area contributed by atoms with E-state index in [4.69, 9.17) is 4.74 Å². The zero-order valence-corrected chi connectivity index (χ0v) is 19.3. The first-order valence-electron chi connectivity index (χ1n) is 11.5. The fraction of sp³-hybridized carbons (Fsp3) is 0.214. The van der Waals surface area contributed by atoms with Crippen LogP contribution in [0.25, 0.3) is 0 Å². The normalized spacial score (nSPS) is 13.5.